The van der Waals surface area contributed by atoms with Crippen LogP contribution in [0.3, 0.4) is 0 Å². The molecule has 0 heterocycles. The molecule has 0 saturated heterocycles. The van der Waals surface area contributed by atoms with Crippen LogP contribution < -0.4 is 8.38 Å². The molecule has 0 fully saturated rings. The topological polar surface area (TPSA) is 63.2 Å². The van der Waals surface area contributed by atoms with Crippen molar-refractivity contribution in [3.8, 4) is 0 Å². The van der Waals surface area contributed by atoms with E-state index in [1.807, 2.05) is 0 Å². The molecule has 0 radical (unpaired) electrons. The third-order valence-corrected chi connectivity index (χ3v) is 0. The quantitative estimate of drug-likeness (QED) is 0.328. The maximum atomic E-state index is 8.52. The third kappa shape index (κ3) is 44.7. The molecule has 0 atom stereocenters. The van der Waals surface area contributed by atoms with E-state index in [0.717, 1.165) is 0 Å². The van der Waals surface area contributed by atoms with E-state index in [2.05, 4.69) is 0 Å². The predicted molar refractivity (Wildman–Crippen MR) is 6.44 cm³/mol. The van der Waals surface area contributed by atoms with E-state index >= 15 is 0 Å². The first-order chi connectivity index (χ1) is 1.73. The minimum atomic E-state index is -3.65. The summed E-state index contributed by atoms with van der Waals surface area (Å²) in [5.74, 6) is 0. The summed E-state index contributed by atoms with van der Waals surface area (Å²) >= 11 is -3.65. The summed E-state index contributed by atoms with van der Waals surface area (Å²) in [5, 5.41) is 0. The van der Waals surface area contributed by atoms with Gasteiger partial charge < -0.3 is 0 Å². The van der Waals surface area contributed by atoms with Gasteiger partial charge in [-0.05, 0) is 0 Å². The van der Waals surface area contributed by atoms with Crippen LogP contribution in [-0.4, -0.2) is 23.1 Å². The summed E-state index contributed by atoms with van der Waals surface area (Å²) in [6.07, 6.45) is 0. The minimum absolute atomic E-state index is 0. The fraction of sp³-hybridized carbons (Fsp3) is 0. The summed E-state index contributed by atoms with van der Waals surface area (Å²) < 4.78 is 25.6. The second kappa shape index (κ2) is 5.01. The van der Waals surface area contributed by atoms with E-state index in [1.54, 1.807) is 0 Å². The predicted octanol–water partition coefficient (Wildman–Crippen LogP) is -2.88. The molecule has 0 bridgehead atoms. The van der Waals surface area contributed by atoms with Crippen molar-refractivity contribution < 1.29 is 26.7 Å². The molecule has 0 aromatic rings. The monoisotopic (exact) mass is 127 g/mol. The Morgan fingerprint density at radius 3 is 1.40 bits per heavy atom. The van der Waals surface area contributed by atoms with Gasteiger partial charge in [-0.1, -0.05) is 0 Å². The normalized spacial score (nSPS) is 7.00. The molecule has 0 aliphatic carbocycles. The van der Waals surface area contributed by atoms with Crippen LogP contribution in [0.1, 0.15) is 0 Å². The van der Waals surface area contributed by atoms with Crippen molar-refractivity contribution >= 4 is 23.1 Å². The second-order valence-electron chi connectivity index (χ2n) is 0.189. The van der Waals surface area contributed by atoms with Gasteiger partial charge in [0.25, 0.3) is 0 Å². The van der Waals surface area contributed by atoms with Gasteiger partial charge in [-0.3, -0.25) is 0 Å². The van der Waals surface area contributed by atoms with Gasteiger partial charge in [0.1, 0.15) is 0 Å². The zero-order valence-corrected chi connectivity index (χ0v) is 4.90. The first kappa shape index (κ1) is 9.38. The molecule has 3 nitrogen and oxygen atoms in total. The molecule has 5 heavy (non-hydrogen) atoms. The molecular weight excluding hydrogens is 127 g/mol. The fourth-order valence-electron chi connectivity index (χ4n) is 0. The van der Waals surface area contributed by atoms with Crippen molar-refractivity contribution in [2.45, 2.75) is 0 Å². The van der Waals surface area contributed by atoms with Crippen molar-refractivity contribution in [2.24, 2.45) is 0 Å². The van der Waals surface area contributed by atoms with Crippen LogP contribution in [0, 0.1) is 0 Å². The van der Waals surface area contributed by atoms with Crippen molar-refractivity contribution in [3.63, 3.8) is 0 Å². The molecule has 0 spiro atoms. The Bertz CT molecular complexity index is 29.9. The van der Waals surface area contributed by atoms with E-state index in [9.17, 15) is 0 Å². The Balaban J connectivity index is 0. The molecule has 0 unspecified atom stereocenters. The van der Waals surface area contributed by atoms with Gasteiger partial charge in [-0.15, -0.1) is 0 Å². The summed E-state index contributed by atoms with van der Waals surface area (Å²) in [6, 6.07) is 0. The Morgan fingerprint density at radius 2 is 1.40 bits per heavy atom. The van der Waals surface area contributed by atoms with Gasteiger partial charge in [0.15, 0.2) is 0 Å². The van der Waals surface area contributed by atoms with Gasteiger partial charge in [0, 0.05) is 0 Å². The molecule has 0 aliphatic heterocycles. The molecule has 0 aromatic carbocycles. The van der Waals surface area contributed by atoms with Crippen LogP contribution >= 0.6 is 0 Å². The zero-order chi connectivity index (χ0) is 3.58. The van der Waals surface area contributed by atoms with E-state index in [-0.39, 0.29) is 23.1 Å². The third-order valence-electron chi connectivity index (χ3n) is 0. The first-order valence-electron chi connectivity index (χ1n) is 0.463. The summed E-state index contributed by atoms with van der Waals surface area (Å²) in [4.78, 5) is 0. The van der Waals surface area contributed by atoms with E-state index in [1.165, 1.54) is 0 Å². The summed E-state index contributed by atoms with van der Waals surface area (Å²) in [5.41, 5.74) is 0. The zero-order valence-electron chi connectivity index (χ0n) is 2.31. The summed E-state index contributed by atoms with van der Waals surface area (Å²) in [6.45, 7) is 0. The van der Waals surface area contributed by atoms with Crippen LogP contribution in [0.15, 0.2) is 0 Å². The van der Waals surface area contributed by atoms with Gasteiger partial charge in [-0.2, -0.15) is 0 Å². The van der Waals surface area contributed by atoms with Crippen LogP contribution in [0.2, 0.25) is 0 Å². The second-order valence-corrected chi connectivity index (χ2v) is 0.779. The molecular formula is MgMnO3. The Labute approximate surface area is 49.9 Å². The Morgan fingerprint density at radius 1 is 1.40 bits per heavy atom. The molecule has 27 valence electrons. The van der Waals surface area contributed by atoms with Crippen LogP contribution in [0.5, 0.6) is 0 Å². The molecule has 0 amide bonds. The van der Waals surface area contributed by atoms with E-state index < -0.39 is 14.5 Å². The van der Waals surface area contributed by atoms with Crippen molar-refractivity contribution in [3.05, 3.63) is 0 Å². The van der Waals surface area contributed by atoms with E-state index in [4.69, 9.17) is 12.2 Å². The van der Waals surface area contributed by atoms with Gasteiger partial charge in [0.05, 0.1) is 0 Å². The van der Waals surface area contributed by atoms with Crippen LogP contribution in [0.4, 0.5) is 0 Å². The SMILES string of the molecule is [Mg+2].[O]=[Mn]([O-])[O-]. The standard InChI is InChI=1S/Mg.Mn.3O/q+2;;;2*-1. The molecule has 0 aliphatic rings. The molecule has 0 aromatic heterocycles. The average molecular weight is 127 g/mol. The first-order valence-corrected chi connectivity index (χ1v) is 1.91. The van der Waals surface area contributed by atoms with Crippen molar-refractivity contribution in [2.75, 3.05) is 0 Å². The van der Waals surface area contributed by atoms with E-state index in [0.29, 0.717) is 0 Å². The summed E-state index contributed by atoms with van der Waals surface area (Å²) in [7, 11) is 0. The average Bonchev–Trinajstić information content (AvgIpc) is 0.811. The number of hydrogen-bond acceptors (Lipinski definition) is 3. The van der Waals surface area contributed by atoms with Crippen molar-refractivity contribution in [1.82, 2.24) is 0 Å². The van der Waals surface area contributed by atoms with Gasteiger partial charge >= 0.3 is 49.8 Å². The molecule has 0 rings (SSSR count). The molecule has 5 heteroatoms. The van der Waals surface area contributed by atoms with Crippen LogP contribution in [0.25, 0.3) is 0 Å². The fourth-order valence-corrected chi connectivity index (χ4v) is 0. The van der Waals surface area contributed by atoms with Gasteiger partial charge in [0.2, 0.25) is 0 Å². The molecule has 0 N–H and O–H groups in total. The number of hydrogen-bond donors (Lipinski definition) is 0. The maximum absolute atomic E-state index is 8.52. The van der Waals surface area contributed by atoms with Crippen LogP contribution in [-0.2, 0) is 18.3 Å². The van der Waals surface area contributed by atoms with Crippen molar-refractivity contribution in [1.29, 1.82) is 0 Å². The Hall–Kier alpha value is 1.01. The van der Waals surface area contributed by atoms with Gasteiger partial charge in [-0.25, -0.2) is 0 Å². The Kier molecular flexibility index (Phi) is 9.39. The number of rotatable bonds is 0. The molecule has 0 saturated carbocycles.